The van der Waals surface area contributed by atoms with Gasteiger partial charge in [-0.15, -0.1) is 5.10 Å². The van der Waals surface area contributed by atoms with E-state index in [2.05, 4.69) is 25.0 Å². The van der Waals surface area contributed by atoms with Gasteiger partial charge in [-0.2, -0.15) is 4.98 Å². The van der Waals surface area contributed by atoms with Gasteiger partial charge in [0.1, 0.15) is 5.52 Å². The van der Waals surface area contributed by atoms with Gasteiger partial charge in [0.2, 0.25) is 5.89 Å². The summed E-state index contributed by atoms with van der Waals surface area (Å²) in [6.45, 7) is 3.47. The molecule has 1 aromatic carbocycles. The maximum absolute atomic E-state index is 5.92. The molecule has 1 aliphatic heterocycles. The lowest BCUT2D eigenvalue weighted by atomic mass is 9.85. The van der Waals surface area contributed by atoms with E-state index in [1.54, 1.807) is 0 Å². The maximum atomic E-state index is 5.92. The molecule has 1 aliphatic carbocycles. The van der Waals surface area contributed by atoms with Gasteiger partial charge in [0.15, 0.2) is 5.58 Å². The van der Waals surface area contributed by atoms with Crippen molar-refractivity contribution in [2.24, 2.45) is 0 Å². The molecule has 1 saturated heterocycles. The molecule has 3 aromatic rings. The fourth-order valence-electron chi connectivity index (χ4n) is 3.47. The van der Waals surface area contributed by atoms with Crippen LogP contribution in [0.15, 0.2) is 33.1 Å². The van der Waals surface area contributed by atoms with E-state index in [1.807, 2.05) is 24.3 Å². The second-order valence-electron chi connectivity index (χ2n) is 6.84. The minimum absolute atomic E-state index is 0.476. The van der Waals surface area contributed by atoms with Crippen LogP contribution in [0.4, 0.5) is 12.0 Å². The van der Waals surface area contributed by atoms with Gasteiger partial charge in [-0.3, -0.25) is 0 Å². The molecular formula is C18H21N5O2. The molecule has 5 rings (SSSR count). The number of oxazole rings is 1. The molecule has 2 fully saturated rings. The first kappa shape index (κ1) is 14.7. The molecule has 0 spiro atoms. The summed E-state index contributed by atoms with van der Waals surface area (Å²) in [5, 5.41) is 8.52. The van der Waals surface area contributed by atoms with Gasteiger partial charge in [-0.05, 0) is 31.4 Å². The fourth-order valence-corrected chi connectivity index (χ4v) is 3.47. The van der Waals surface area contributed by atoms with Crippen LogP contribution in [-0.2, 0) is 0 Å². The topological polar surface area (TPSA) is 71.4 Å². The molecule has 0 atom stereocenters. The van der Waals surface area contributed by atoms with Crippen molar-refractivity contribution in [2.45, 2.75) is 31.6 Å². The Bertz CT molecular complexity index is 836. The summed E-state index contributed by atoms with van der Waals surface area (Å²) < 4.78 is 11.8. The average molecular weight is 339 g/mol. The predicted octanol–water partition coefficient (Wildman–Crippen LogP) is 3.20. The molecule has 7 nitrogen and oxygen atoms in total. The van der Waals surface area contributed by atoms with Crippen molar-refractivity contribution >= 4 is 23.1 Å². The minimum atomic E-state index is 0.476. The molecule has 25 heavy (non-hydrogen) atoms. The van der Waals surface area contributed by atoms with Crippen molar-refractivity contribution in [1.82, 2.24) is 15.2 Å². The van der Waals surface area contributed by atoms with Gasteiger partial charge in [0.05, 0.1) is 0 Å². The number of rotatable bonds is 3. The molecule has 2 aromatic heterocycles. The number of anilines is 2. The van der Waals surface area contributed by atoms with Crippen LogP contribution < -0.4 is 9.80 Å². The highest BCUT2D eigenvalue weighted by Crippen LogP contribution is 2.36. The van der Waals surface area contributed by atoms with Gasteiger partial charge in [-0.1, -0.05) is 23.7 Å². The molecule has 0 bridgehead atoms. The number of hydrogen-bond acceptors (Lipinski definition) is 7. The first-order valence-corrected chi connectivity index (χ1v) is 9.06. The SMILES string of the molecule is c1ccc2oc(N3CCCN(c4nnc(C5CCC5)o4)CC3)nc2c1. The molecule has 3 heterocycles. The smallest absolute Gasteiger partial charge is 0.318 e. The van der Waals surface area contributed by atoms with E-state index in [4.69, 9.17) is 8.83 Å². The molecule has 2 aliphatic rings. The van der Waals surface area contributed by atoms with E-state index in [-0.39, 0.29) is 0 Å². The van der Waals surface area contributed by atoms with E-state index >= 15 is 0 Å². The highest BCUT2D eigenvalue weighted by molar-refractivity contribution is 5.74. The third kappa shape index (κ3) is 2.73. The highest BCUT2D eigenvalue weighted by atomic mass is 16.4. The molecule has 130 valence electrons. The van der Waals surface area contributed by atoms with Gasteiger partial charge >= 0.3 is 6.01 Å². The van der Waals surface area contributed by atoms with Crippen LogP contribution in [-0.4, -0.2) is 41.4 Å². The van der Waals surface area contributed by atoms with Crippen molar-refractivity contribution in [3.05, 3.63) is 30.2 Å². The molecule has 0 unspecified atom stereocenters. The predicted molar refractivity (Wildman–Crippen MR) is 93.9 cm³/mol. The van der Waals surface area contributed by atoms with Crippen molar-refractivity contribution in [3.63, 3.8) is 0 Å². The normalized spacial score (nSPS) is 19.2. The summed E-state index contributed by atoms with van der Waals surface area (Å²) in [6, 6.07) is 9.23. The monoisotopic (exact) mass is 339 g/mol. The van der Waals surface area contributed by atoms with E-state index in [1.165, 1.54) is 19.3 Å². The lowest BCUT2D eigenvalue weighted by Crippen LogP contribution is -2.31. The van der Waals surface area contributed by atoms with Crippen LogP contribution >= 0.6 is 0 Å². The van der Waals surface area contributed by atoms with E-state index < -0.39 is 0 Å². The molecule has 7 heteroatoms. The van der Waals surface area contributed by atoms with Crippen molar-refractivity contribution in [3.8, 4) is 0 Å². The Morgan fingerprint density at radius 1 is 0.840 bits per heavy atom. The standard InChI is InChI=1S/C18H21N5O2/c1-2-8-15-14(7-1)19-17(24-15)22-9-4-10-23(12-11-22)18-21-20-16(25-18)13-5-3-6-13/h1-2,7-8,13H,3-6,9-12H2. The van der Waals surface area contributed by atoms with Gasteiger partial charge in [-0.25, -0.2) is 0 Å². The summed E-state index contributed by atoms with van der Waals surface area (Å²) in [6.07, 6.45) is 4.62. The number of aromatic nitrogens is 3. The zero-order valence-electron chi connectivity index (χ0n) is 14.1. The number of benzene rings is 1. The molecule has 1 saturated carbocycles. The van der Waals surface area contributed by atoms with Crippen LogP contribution in [0, 0.1) is 0 Å². The van der Waals surface area contributed by atoms with Crippen molar-refractivity contribution < 1.29 is 8.83 Å². The van der Waals surface area contributed by atoms with E-state index in [0.29, 0.717) is 17.9 Å². The fraction of sp³-hybridized carbons (Fsp3) is 0.500. The number of hydrogen-bond donors (Lipinski definition) is 0. The summed E-state index contributed by atoms with van der Waals surface area (Å²) in [5.74, 6) is 1.28. The number of para-hydroxylation sites is 2. The first-order valence-electron chi connectivity index (χ1n) is 9.06. The van der Waals surface area contributed by atoms with Crippen LogP contribution in [0.25, 0.3) is 11.1 Å². The van der Waals surface area contributed by atoms with Gasteiger partial charge in [0, 0.05) is 32.1 Å². The second kappa shape index (κ2) is 6.06. The summed E-state index contributed by atoms with van der Waals surface area (Å²) in [7, 11) is 0. The number of nitrogens with zero attached hydrogens (tertiary/aromatic N) is 5. The molecule has 0 amide bonds. The highest BCUT2D eigenvalue weighted by Gasteiger charge is 2.27. The first-order chi connectivity index (χ1) is 12.4. The Hall–Kier alpha value is -2.57. The maximum Gasteiger partial charge on any atom is 0.318 e. The number of fused-ring (bicyclic) bond motifs is 1. The molecule has 0 radical (unpaired) electrons. The third-order valence-electron chi connectivity index (χ3n) is 5.20. The summed E-state index contributed by atoms with van der Waals surface area (Å²) in [4.78, 5) is 8.99. The zero-order chi connectivity index (χ0) is 16.6. The second-order valence-corrected chi connectivity index (χ2v) is 6.84. The largest absolute Gasteiger partial charge is 0.423 e. The van der Waals surface area contributed by atoms with Crippen molar-refractivity contribution in [2.75, 3.05) is 36.0 Å². The molecule has 0 N–H and O–H groups in total. The van der Waals surface area contributed by atoms with Crippen LogP contribution in [0.3, 0.4) is 0 Å². The van der Waals surface area contributed by atoms with Crippen LogP contribution in [0.1, 0.15) is 37.5 Å². The Labute approximate surface area is 145 Å². The summed E-state index contributed by atoms with van der Waals surface area (Å²) >= 11 is 0. The quantitative estimate of drug-likeness (QED) is 0.725. The van der Waals surface area contributed by atoms with Gasteiger partial charge in [0.25, 0.3) is 6.01 Å². The Morgan fingerprint density at radius 3 is 2.40 bits per heavy atom. The summed E-state index contributed by atoms with van der Waals surface area (Å²) in [5.41, 5.74) is 1.74. The third-order valence-corrected chi connectivity index (χ3v) is 5.20. The Kier molecular flexibility index (Phi) is 3.57. The van der Waals surface area contributed by atoms with E-state index in [9.17, 15) is 0 Å². The zero-order valence-corrected chi connectivity index (χ0v) is 14.1. The lowest BCUT2D eigenvalue weighted by molar-refractivity contribution is 0.335. The lowest BCUT2D eigenvalue weighted by Gasteiger charge is -2.21. The van der Waals surface area contributed by atoms with Gasteiger partial charge < -0.3 is 18.6 Å². The minimum Gasteiger partial charge on any atom is -0.423 e. The van der Waals surface area contributed by atoms with Crippen molar-refractivity contribution in [1.29, 1.82) is 0 Å². The molecular weight excluding hydrogens is 318 g/mol. The van der Waals surface area contributed by atoms with Crippen LogP contribution in [0.2, 0.25) is 0 Å². The Balaban J connectivity index is 1.30. The average Bonchev–Trinajstić information content (AvgIpc) is 3.14. The Morgan fingerprint density at radius 2 is 1.64 bits per heavy atom. The van der Waals surface area contributed by atoms with Crippen LogP contribution in [0.5, 0.6) is 0 Å². The van der Waals surface area contributed by atoms with E-state index in [0.717, 1.165) is 49.6 Å².